The van der Waals surface area contributed by atoms with E-state index >= 15 is 0 Å². The quantitative estimate of drug-likeness (QED) is 0.843. The highest BCUT2D eigenvalue weighted by atomic mass is 32.2. The van der Waals surface area contributed by atoms with E-state index < -0.39 is 0 Å². The summed E-state index contributed by atoms with van der Waals surface area (Å²) in [6, 6.07) is 7.95. The molecule has 20 heavy (non-hydrogen) atoms. The van der Waals surface area contributed by atoms with Gasteiger partial charge in [0.15, 0.2) is 0 Å². The number of nitrogens with one attached hydrogen (secondary N) is 1. The van der Waals surface area contributed by atoms with Gasteiger partial charge in [0.2, 0.25) is 5.91 Å². The van der Waals surface area contributed by atoms with Crippen molar-refractivity contribution < 1.29 is 4.79 Å². The lowest BCUT2D eigenvalue weighted by atomic mass is 9.99. The first-order chi connectivity index (χ1) is 9.69. The van der Waals surface area contributed by atoms with Crippen molar-refractivity contribution in [2.24, 2.45) is 5.92 Å². The molecule has 1 fully saturated rings. The molecular weight excluding hydrogens is 268 g/mol. The van der Waals surface area contributed by atoms with E-state index in [9.17, 15) is 4.79 Å². The van der Waals surface area contributed by atoms with Crippen LogP contribution >= 0.6 is 11.8 Å². The van der Waals surface area contributed by atoms with Gasteiger partial charge in [-0.05, 0) is 50.2 Å². The molecule has 0 atom stereocenters. The molecule has 0 aliphatic carbocycles. The zero-order chi connectivity index (χ0) is 14.4. The lowest BCUT2D eigenvalue weighted by Gasteiger charge is -2.29. The van der Waals surface area contributed by atoms with E-state index in [2.05, 4.69) is 17.1 Å². The summed E-state index contributed by atoms with van der Waals surface area (Å²) in [5, 5.41) is 3.02. The maximum Gasteiger partial charge on any atom is 0.225 e. The Kier molecular flexibility index (Phi) is 5.92. The number of carbonyl (C=O) groups excluding carboxylic acids is 1. The number of nitrogens with zero attached hydrogens (tertiary/aromatic N) is 1. The monoisotopic (exact) mass is 292 g/mol. The van der Waals surface area contributed by atoms with Crippen molar-refractivity contribution in [2.75, 3.05) is 31.2 Å². The Morgan fingerprint density at radius 1 is 1.35 bits per heavy atom. The van der Waals surface area contributed by atoms with Crippen molar-refractivity contribution in [3.63, 3.8) is 0 Å². The molecule has 1 amide bonds. The van der Waals surface area contributed by atoms with Crippen molar-refractivity contribution in [3.8, 4) is 0 Å². The molecule has 4 heteroatoms. The number of para-hydroxylation sites is 1. The molecule has 2 rings (SSSR count). The van der Waals surface area contributed by atoms with Crippen LogP contribution in [-0.4, -0.2) is 36.7 Å². The highest BCUT2D eigenvalue weighted by Crippen LogP contribution is 2.24. The minimum atomic E-state index is 0.116. The first-order valence-corrected chi connectivity index (χ1v) is 8.56. The summed E-state index contributed by atoms with van der Waals surface area (Å²) in [4.78, 5) is 15.6. The fourth-order valence-electron chi connectivity index (χ4n) is 2.51. The van der Waals surface area contributed by atoms with Crippen LogP contribution in [-0.2, 0) is 4.79 Å². The van der Waals surface area contributed by atoms with Crippen LogP contribution in [0.25, 0.3) is 0 Å². The summed E-state index contributed by atoms with van der Waals surface area (Å²) in [5.41, 5.74) is 0.928. The summed E-state index contributed by atoms with van der Waals surface area (Å²) in [6.07, 6.45) is 5.13. The van der Waals surface area contributed by atoms with Gasteiger partial charge in [-0.3, -0.25) is 4.79 Å². The van der Waals surface area contributed by atoms with Crippen molar-refractivity contribution >= 4 is 23.4 Å². The van der Waals surface area contributed by atoms with Gasteiger partial charge < -0.3 is 10.2 Å². The molecule has 1 aliphatic rings. The van der Waals surface area contributed by atoms with E-state index in [-0.39, 0.29) is 5.91 Å². The van der Waals surface area contributed by atoms with Crippen LogP contribution in [0.3, 0.4) is 0 Å². The van der Waals surface area contributed by atoms with Crippen LogP contribution in [0, 0.1) is 5.92 Å². The van der Waals surface area contributed by atoms with Gasteiger partial charge in [0.05, 0.1) is 5.69 Å². The van der Waals surface area contributed by atoms with Crippen LogP contribution in [0.15, 0.2) is 29.2 Å². The average molecular weight is 292 g/mol. The molecule has 0 saturated carbocycles. The fourth-order valence-corrected chi connectivity index (χ4v) is 3.06. The van der Waals surface area contributed by atoms with E-state index in [0.29, 0.717) is 6.42 Å². The van der Waals surface area contributed by atoms with Gasteiger partial charge >= 0.3 is 0 Å². The van der Waals surface area contributed by atoms with Crippen molar-refractivity contribution in [1.82, 2.24) is 4.90 Å². The summed E-state index contributed by atoms with van der Waals surface area (Å²) in [5.74, 6) is 0.957. The van der Waals surface area contributed by atoms with Gasteiger partial charge in [-0.25, -0.2) is 0 Å². The zero-order valence-corrected chi connectivity index (χ0v) is 13.2. The molecular formula is C16H24N2OS. The Balaban J connectivity index is 1.78. The third-order valence-electron chi connectivity index (χ3n) is 3.91. The molecule has 1 N–H and O–H groups in total. The third kappa shape index (κ3) is 4.53. The van der Waals surface area contributed by atoms with E-state index in [1.165, 1.54) is 12.8 Å². The molecule has 0 unspecified atom stereocenters. The molecule has 0 radical (unpaired) electrons. The lowest BCUT2D eigenvalue weighted by molar-refractivity contribution is -0.116. The van der Waals surface area contributed by atoms with Crippen molar-refractivity contribution in [3.05, 3.63) is 24.3 Å². The third-order valence-corrected chi connectivity index (χ3v) is 4.71. The SMILES string of the molecule is CSc1ccccc1NC(=O)CCN1CCC(C)CC1. The highest BCUT2D eigenvalue weighted by Gasteiger charge is 2.16. The second kappa shape index (κ2) is 7.70. The van der Waals surface area contributed by atoms with E-state index in [1.54, 1.807) is 11.8 Å². The number of benzene rings is 1. The summed E-state index contributed by atoms with van der Waals surface area (Å²) < 4.78 is 0. The molecule has 110 valence electrons. The van der Waals surface area contributed by atoms with Gasteiger partial charge in [-0.2, -0.15) is 0 Å². The van der Waals surface area contributed by atoms with Crippen LogP contribution in [0.4, 0.5) is 5.69 Å². The van der Waals surface area contributed by atoms with Crippen LogP contribution < -0.4 is 5.32 Å². The first-order valence-electron chi connectivity index (χ1n) is 7.34. The number of hydrogen-bond acceptors (Lipinski definition) is 3. The Labute approximate surface area is 126 Å². The van der Waals surface area contributed by atoms with Crippen molar-refractivity contribution in [2.45, 2.75) is 31.1 Å². The van der Waals surface area contributed by atoms with Gasteiger partial charge in [0, 0.05) is 17.9 Å². The predicted octanol–water partition coefficient (Wildman–Crippen LogP) is 3.47. The second-order valence-corrected chi connectivity index (χ2v) is 6.37. The zero-order valence-electron chi connectivity index (χ0n) is 12.4. The molecule has 0 aromatic heterocycles. The normalized spacial score (nSPS) is 17.1. The number of hydrogen-bond donors (Lipinski definition) is 1. The number of anilines is 1. The van der Waals surface area contributed by atoms with E-state index in [4.69, 9.17) is 0 Å². The topological polar surface area (TPSA) is 32.3 Å². The molecule has 1 heterocycles. The predicted molar refractivity (Wildman–Crippen MR) is 86.3 cm³/mol. The maximum atomic E-state index is 12.0. The number of rotatable bonds is 5. The minimum Gasteiger partial charge on any atom is -0.325 e. The molecule has 1 saturated heterocycles. The lowest BCUT2D eigenvalue weighted by Crippen LogP contribution is -2.35. The van der Waals surface area contributed by atoms with Crippen LogP contribution in [0.5, 0.6) is 0 Å². The average Bonchev–Trinajstić information content (AvgIpc) is 2.47. The number of likely N-dealkylation sites (tertiary alicyclic amines) is 1. The molecule has 0 bridgehead atoms. The summed E-state index contributed by atoms with van der Waals surface area (Å²) >= 11 is 1.66. The van der Waals surface area contributed by atoms with Gasteiger partial charge in [-0.15, -0.1) is 11.8 Å². The Morgan fingerprint density at radius 2 is 2.05 bits per heavy atom. The Bertz CT molecular complexity index is 442. The Hall–Kier alpha value is -1.00. The number of carbonyl (C=O) groups is 1. The summed E-state index contributed by atoms with van der Waals surface area (Å²) in [6.45, 7) is 5.45. The minimum absolute atomic E-state index is 0.116. The Morgan fingerprint density at radius 3 is 2.75 bits per heavy atom. The number of amides is 1. The van der Waals surface area contributed by atoms with Crippen LogP contribution in [0.2, 0.25) is 0 Å². The largest absolute Gasteiger partial charge is 0.325 e. The molecule has 0 spiro atoms. The van der Waals surface area contributed by atoms with E-state index in [1.807, 2.05) is 30.5 Å². The molecule has 1 aromatic carbocycles. The highest BCUT2D eigenvalue weighted by molar-refractivity contribution is 7.98. The molecule has 1 aromatic rings. The number of piperidine rings is 1. The van der Waals surface area contributed by atoms with Gasteiger partial charge in [0.1, 0.15) is 0 Å². The van der Waals surface area contributed by atoms with E-state index in [0.717, 1.165) is 36.1 Å². The molecule has 1 aliphatic heterocycles. The fraction of sp³-hybridized carbons (Fsp3) is 0.562. The van der Waals surface area contributed by atoms with Crippen molar-refractivity contribution in [1.29, 1.82) is 0 Å². The second-order valence-electron chi connectivity index (χ2n) is 5.52. The smallest absolute Gasteiger partial charge is 0.225 e. The molecule has 3 nitrogen and oxygen atoms in total. The number of thioether (sulfide) groups is 1. The van der Waals surface area contributed by atoms with Crippen LogP contribution in [0.1, 0.15) is 26.2 Å². The first kappa shape index (κ1) is 15.4. The van der Waals surface area contributed by atoms with Gasteiger partial charge in [0.25, 0.3) is 0 Å². The van der Waals surface area contributed by atoms with Gasteiger partial charge in [-0.1, -0.05) is 19.1 Å². The standard InChI is InChI=1S/C16H24N2OS/c1-13-7-10-18(11-8-13)12-9-16(19)17-14-5-3-4-6-15(14)20-2/h3-6,13H,7-12H2,1-2H3,(H,17,19). The maximum absolute atomic E-state index is 12.0. The summed E-state index contributed by atoms with van der Waals surface area (Å²) in [7, 11) is 0.